The molecule has 0 spiro atoms. The predicted molar refractivity (Wildman–Crippen MR) is 58.2 cm³/mol. The highest BCUT2D eigenvalue weighted by Crippen LogP contribution is 2.27. The summed E-state index contributed by atoms with van der Waals surface area (Å²) in [4.78, 5) is 11.4. The van der Waals surface area contributed by atoms with E-state index in [0.717, 1.165) is 0 Å². The maximum atomic E-state index is 13.8. The molecule has 0 radical (unpaired) electrons. The van der Waals surface area contributed by atoms with Gasteiger partial charge in [-0.15, -0.1) is 0 Å². The number of hydrogen-bond donors (Lipinski definition) is 0. The van der Waals surface area contributed by atoms with Gasteiger partial charge in [-0.1, -0.05) is 6.07 Å². The Kier molecular flexibility index (Phi) is 3.88. The molecular weight excluding hydrogens is 211 g/mol. The second kappa shape index (κ2) is 4.96. The zero-order chi connectivity index (χ0) is 12.3. The summed E-state index contributed by atoms with van der Waals surface area (Å²) < 4.78 is 23.7. The first-order valence-corrected chi connectivity index (χ1v) is 5.01. The second-order valence-electron chi connectivity index (χ2n) is 3.73. The summed E-state index contributed by atoms with van der Waals surface area (Å²) in [6.45, 7) is 5.15. The van der Waals surface area contributed by atoms with Crippen LogP contribution in [0.3, 0.4) is 0 Å². The number of aryl methyl sites for hydroxylation is 1. The first-order chi connectivity index (χ1) is 7.47. The van der Waals surface area contributed by atoms with Crippen molar-refractivity contribution in [2.75, 3.05) is 7.11 Å². The van der Waals surface area contributed by atoms with Crippen molar-refractivity contribution in [1.29, 1.82) is 0 Å². The van der Waals surface area contributed by atoms with Gasteiger partial charge in [0.05, 0.1) is 13.2 Å². The van der Waals surface area contributed by atoms with Gasteiger partial charge in [-0.3, -0.25) is 0 Å². The molecular formula is C12H15FO3. The van der Waals surface area contributed by atoms with Gasteiger partial charge in [-0.2, -0.15) is 0 Å². The molecule has 0 aromatic heterocycles. The molecule has 1 aromatic carbocycles. The lowest BCUT2D eigenvalue weighted by Crippen LogP contribution is -2.13. The average Bonchev–Trinajstić information content (AvgIpc) is 2.23. The van der Waals surface area contributed by atoms with E-state index in [9.17, 15) is 9.18 Å². The van der Waals surface area contributed by atoms with E-state index in [2.05, 4.69) is 4.74 Å². The number of hydrogen-bond acceptors (Lipinski definition) is 3. The highest BCUT2D eigenvalue weighted by molar-refractivity contribution is 5.92. The van der Waals surface area contributed by atoms with Crippen molar-refractivity contribution in [2.45, 2.75) is 26.9 Å². The molecule has 0 aliphatic heterocycles. The summed E-state index contributed by atoms with van der Waals surface area (Å²) in [5.41, 5.74) is 0.544. The normalized spacial score (nSPS) is 10.4. The molecule has 0 aliphatic carbocycles. The minimum Gasteiger partial charge on any atom is -0.487 e. The van der Waals surface area contributed by atoms with Crippen LogP contribution in [0.25, 0.3) is 0 Å². The molecule has 0 unspecified atom stereocenters. The number of benzene rings is 1. The molecule has 0 heterocycles. The van der Waals surface area contributed by atoms with Crippen LogP contribution < -0.4 is 4.74 Å². The molecule has 1 aromatic rings. The third-order valence-corrected chi connectivity index (χ3v) is 2.05. The van der Waals surface area contributed by atoms with E-state index < -0.39 is 11.8 Å². The quantitative estimate of drug-likeness (QED) is 0.743. The van der Waals surface area contributed by atoms with Crippen molar-refractivity contribution in [2.24, 2.45) is 0 Å². The van der Waals surface area contributed by atoms with E-state index in [1.54, 1.807) is 20.8 Å². The van der Waals surface area contributed by atoms with E-state index in [4.69, 9.17) is 4.74 Å². The van der Waals surface area contributed by atoms with E-state index in [1.165, 1.54) is 19.2 Å². The molecule has 0 amide bonds. The molecule has 0 aliphatic rings. The average molecular weight is 226 g/mol. The number of esters is 1. The van der Waals surface area contributed by atoms with Crippen LogP contribution in [0, 0.1) is 12.7 Å². The van der Waals surface area contributed by atoms with E-state index >= 15 is 0 Å². The lowest BCUT2D eigenvalue weighted by Gasteiger charge is -2.14. The molecule has 88 valence electrons. The fourth-order valence-electron chi connectivity index (χ4n) is 1.28. The van der Waals surface area contributed by atoms with Crippen molar-refractivity contribution >= 4 is 5.97 Å². The molecule has 0 bridgehead atoms. The van der Waals surface area contributed by atoms with Crippen LogP contribution in [0.5, 0.6) is 5.75 Å². The first-order valence-electron chi connectivity index (χ1n) is 5.01. The van der Waals surface area contributed by atoms with Gasteiger partial charge >= 0.3 is 5.97 Å². The van der Waals surface area contributed by atoms with Gasteiger partial charge in [-0.05, 0) is 32.4 Å². The minimum atomic E-state index is -0.602. The van der Waals surface area contributed by atoms with Crippen LogP contribution >= 0.6 is 0 Å². The van der Waals surface area contributed by atoms with Crippen molar-refractivity contribution in [3.8, 4) is 5.75 Å². The van der Waals surface area contributed by atoms with Crippen LogP contribution in [0.2, 0.25) is 0 Å². The molecule has 4 heteroatoms. The predicted octanol–water partition coefficient (Wildman–Crippen LogP) is 2.71. The van der Waals surface area contributed by atoms with Crippen molar-refractivity contribution < 1.29 is 18.7 Å². The van der Waals surface area contributed by atoms with Crippen molar-refractivity contribution in [3.05, 3.63) is 29.1 Å². The molecule has 16 heavy (non-hydrogen) atoms. The summed E-state index contributed by atoms with van der Waals surface area (Å²) in [6, 6.07) is 3.02. The van der Waals surface area contributed by atoms with Gasteiger partial charge in [0.1, 0.15) is 5.56 Å². The van der Waals surface area contributed by atoms with Crippen molar-refractivity contribution in [3.63, 3.8) is 0 Å². The number of ether oxygens (including phenoxy) is 2. The maximum Gasteiger partial charge on any atom is 0.341 e. The summed E-state index contributed by atoms with van der Waals surface area (Å²) >= 11 is 0. The number of carbonyl (C=O) groups excluding carboxylic acids is 1. The van der Waals surface area contributed by atoms with Crippen LogP contribution in [-0.4, -0.2) is 19.2 Å². The molecule has 0 fully saturated rings. The Morgan fingerprint density at radius 1 is 1.38 bits per heavy atom. The SMILES string of the molecule is COC(=O)c1ccc(C)c(F)c1OC(C)C. The lowest BCUT2D eigenvalue weighted by atomic mass is 10.1. The fraction of sp³-hybridized carbons (Fsp3) is 0.417. The van der Waals surface area contributed by atoms with E-state index in [1.807, 2.05) is 0 Å². The van der Waals surface area contributed by atoms with Crippen LogP contribution in [0.15, 0.2) is 12.1 Å². The van der Waals surface area contributed by atoms with Gasteiger partial charge in [0.25, 0.3) is 0 Å². The van der Waals surface area contributed by atoms with Crippen LogP contribution in [-0.2, 0) is 4.74 Å². The smallest absolute Gasteiger partial charge is 0.341 e. The number of rotatable bonds is 3. The van der Waals surface area contributed by atoms with Gasteiger partial charge in [-0.25, -0.2) is 9.18 Å². The molecule has 0 N–H and O–H groups in total. The lowest BCUT2D eigenvalue weighted by molar-refractivity contribution is 0.0593. The third-order valence-electron chi connectivity index (χ3n) is 2.05. The Labute approximate surface area is 94.2 Å². The highest BCUT2D eigenvalue weighted by Gasteiger charge is 2.19. The Morgan fingerprint density at radius 3 is 2.50 bits per heavy atom. The van der Waals surface area contributed by atoms with Gasteiger partial charge in [0.2, 0.25) is 0 Å². The van der Waals surface area contributed by atoms with Crippen LogP contribution in [0.1, 0.15) is 29.8 Å². The molecule has 0 saturated carbocycles. The topological polar surface area (TPSA) is 35.5 Å². The molecule has 1 rings (SSSR count). The summed E-state index contributed by atoms with van der Waals surface area (Å²) in [6.07, 6.45) is -0.209. The van der Waals surface area contributed by atoms with Gasteiger partial charge < -0.3 is 9.47 Å². The number of methoxy groups -OCH3 is 1. The Morgan fingerprint density at radius 2 is 2.00 bits per heavy atom. The minimum absolute atomic E-state index is 0.0400. The number of halogens is 1. The summed E-state index contributed by atoms with van der Waals surface area (Å²) in [5.74, 6) is -1.16. The molecule has 3 nitrogen and oxygen atoms in total. The monoisotopic (exact) mass is 226 g/mol. The summed E-state index contributed by atoms with van der Waals surface area (Å²) in [7, 11) is 1.25. The first kappa shape index (κ1) is 12.5. The van der Waals surface area contributed by atoms with E-state index in [0.29, 0.717) is 5.56 Å². The Bertz CT molecular complexity index is 399. The standard InChI is InChI=1S/C12H15FO3/c1-7(2)16-11-9(12(14)15-4)6-5-8(3)10(11)13/h5-7H,1-4H3. The van der Waals surface area contributed by atoms with E-state index in [-0.39, 0.29) is 17.4 Å². The zero-order valence-corrected chi connectivity index (χ0v) is 9.83. The molecule has 0 saturated heterocycles. The fourth-order valence-corrected chi connectivity index (χ4v) is 1.28. The Balaban J connectivity index is 3.27. The maximum absolute atomic E-state index is 13.8. The summed E-state index contributed by atoms with van der Waals surface area (Å²) in [5, 5.41) is 0. The Hall–Kier alpha value is -1.58. The largest absolute Gasteiger partial charge is 0.487 e. The third kappa shape index (κ3) is 2.51. The van der Waals surface area contributed by atoms with Crippen molar-refractivity contribution in [1.82, 2.24) is 0 Å². The highest BCUT2D eigenvalue weighted by atomic mass is 19.1. The molecule has 0 atom stereocenters. The van der Waals surface area contributed by atoms with Gasteiger partial charge in [0, 0.05) is 0 Å². The van der Waals surface area contributed by atoms with Crippen LogP contribution in [0.4, 0.5) is 4.39 Å². The second-order valence-corrected chi connectivity index (χ2v) is 3.73. The number of carbonyl (C=O) groups is 1. The van der Waals surface area contributed by atoms with Gasteiger partial charge in [0.15, 0.2) is 11.6 Å². The zero-order valence-electron chi connectivity index (χ0n) is 9.83.